The molecule has 0 atom stereocenters. The summed E-state index contributed by atoms with van der Waals surface area (Å²) in [5.74, 6) is -1.21. The highest BCUT2D eigenvalue weighted by Crippen LogP contribution is 2.30. The molecule has 0 unspecified atom stereocenters. The van der Waals surface area contributed by atoms with Crippen molar-refractivity contribution in [3.05, 3.63) is 23.7 Å². The number of rotatable bonds is 2. The van der Waals surface area contributed by atoms with Crippen molar-refractivity contribution in [2.45, 2.75) is 26.7 Å². The van der Waals surface area contributed by atoms with Gasteiger partial charge in [0.1, 0.15) is 6.26 Å². The number of hydrogen-bond donors (Lipinski definition) is 1. The zero-order valence-corrected chi connectivity index (χ0v) is 10.6. The minimum absolute atomic E-state index is 0.00990. The molecule has 1 aromatic rings. The Hall–Kier alpha value is -1.78. The predicted octanol–water partition coefficient (Wildman–Crippen LogP) is 2.24. The quantitative estimate of drug-likeness (QED) is 0.875. The standard InChI is InChI=1S/C13H17NO4/c1-13(2)3-5-14(6-4-13)11(15)10-7-9(8-18-10)12(16)17/h7-8H,3-6H2,1-2H3,(H,16,17). The van der Waals surface area contributed by atoms with Crippen molar-refractivity contribution in [3.63, 3.8) is 0 Å². The van der Waals surface area contributed by atoms with Gasteiger partial charge in [0.15, 0.2) is 5.76 Å². The summed E-state index contributed by atoms with van der Waals surface area (Å²) in [5.41, 5.74) is 0.280. The van der Waals surface area contributed by atoms with Crippen LogP contribution in [0.15, 0.2) is 16.7 Å². The van der Waals surface area contributed by atoms with Crippen molar-refractivity contribution >= 4 is 11.9 Å². The lowest BCUT2D eigenvalue weighted by atomic mass is 9.82. The summed E-state index contributed by atoms with van der Waals surface area (Å²) in [7, 11) is 0. The Balaban J connectivity index is 2.05. The lowest BCUT2D eigenvalue weighted by Gasteiger charge is -2.36. The predicted molar refractivity (Wildman–Crippen MR) is 64.6 cm³/mol. The fourth-order valence-electron chi connectivity index (χ4n) is 2.03. The maximum absolute atomic E-state index is 12.1. The Bertz CT molecular complexity index is 465. The molecule has 1 fully saturated rings. The van der Waals surface area contributed by atoms with Crippen LogP contribution in [0.1, 0.15) is 47.6 Å². The second-order valence-electron chi connectivity index (χ2n) is 5.46. The lowest BCUT2D eigenvalue weighted by molar-refractivity contribution is 0.0598. The number of carbonyl (C=O) groups excluding carboxylic acids is 1. The number of carbonyl (C=O) groups is 2. The monoisotopic (exact) mass is 251 g/mol. The number of amides is 1. The topological polar surface area (TPSA) is 70.8 Å². The summed E-state index contributed by atoms with van der Waals surface area (Å²) >= 11 is 0. The molecule has 0 aliphatic carbocycles. The molecule has 1 aliphatic rings. The SMILES string of the molecule is CC1(C)CCN(C(=O)c2cc(C(=O)O)co2)CC1. The molecule has 1 aliphatic heterocycles. The normalized spacial score (nSPS) is 18.7. The van der Waals surface area contributed by atoms with E-state index in [9.17, 15) is 9.59 Å². The molecule has 1 N–H and O–H groups in total. The van der Waals surface area contributed by atoms with Gasteiger partial charge in [0.2, 0.25) is 0 Å². The molecule has 98 valence electrons. The van der Waals surface area contributed by atoms with E-state index in [1.54, 1.807) is 4.90 Å². The van der Waals surface area contributed by atoms with Gasteiger partial charge in [-0.1, -0.05) is 13.8 Å². The van der Waals surface area contributed by atoms with Crippen LogP contribution in [-0.4, -0.2) is 35.0 Å². The number of likely N-dealkylation sites (tertiary alicyclic amines) is 1. The van der Waals surface area contributed by atoms with Gasteiger partial charge in [-0.15, -0.1) is 0 Å². The van der Waals surface area contributed by atoms with Crippen molar-refractivity contribution in [2.75, 3.05) is 13.1 Å². The van der Waals surface area contributed by atoms with Gasteiger partial charge in [0.05, 0.1) is 5.56 Å². The number of hydrogen-bond acceptors (Lipinski definition) is 3. The Labute approximate surface area is 105 Å². The first-order valence-corrected chi connectivity index (χ1v) is 6.00. The van der Waals surface area contributed by atoms with E-state index in [1.807, 2.05) is 0 Å². The Morgan fingerprint density at radius 3 is 2.44 bits per heavy atom. The highest BCUT2D eigenvalue weighted by atomic mass is 16.4. The molecule has 2 heterocycles. The third-order valence-corrected chi connectivity index (χ3v) is 3.46. The maximum atomic E-state index is 12.1. The van der Waals surface area contributed by atoms with Gasteiger partial charge in [-0.25, -0.2) is 4.79 Å². The van der Waals surface area contributed by atoms with Crippen molar-refractivity contribution in [1.29, 1.82) is 0 Å². The highest BCUT2D eigenvalue weighted by molar-refractivity contribution is 5.95. The van der Waals surface area contributed by atoms with Crippen LogP contribution in [0.3, 0.4) is 0 Å². The summed E-state index contributed by atoms with van der Waals surface area (Å²) in [4.78, 5) is 24.5. The van der Waals surface area contributed by atoms with Gasteiger partial charge in [-0.05, 0) is 18.3 Å². The molecule has 1 saturated heterocycles. The molecule has 2 rings (SSSR count). The summed E-state index contributed by atoms with van der Waals surface area (Å²) in [6.45, 7) is 5.75. The molecule has 5 heteroatoms. The van der Waals surface area contributed by atoms with Crippen LogP contribution in [0, 0.1) is 5.41 Å². The van der Waals surface area contributed by atoms with Crippen LogP contribution in [-0.2, 0) is 0 Å². The van der Waals surface area contributed by atoms with E-state index in [0.29, 0.717) is 13.1 Å². The molecule has 1 aromatic heterocycles. The fraction of sp³-hybridized carbons (Fsp3) is 0.538. The van der Waals surface area contributed by atoms with E-state index in [2.05, 4.69) is 13.8 Å². The fourth-order valence-corrected chi connectivity index (χ4v) is 2.03. The van der Waals surface area contributed by atoms with Gasteiger partial charge >= 0.3 is 5.97 Å². The number of nitrogens with zero attached hydrogens (tertiary/aromatic N) is 1. The first kappa shape index (κ1) is 12.7. The summed E-state index contributed by atoms with van der Waals surface area (Å²) in [6, 6.07) is 1.28. The van der Waals surface area contributed by atoms with E-state index in [0.717, 1.165) is 19.1 Å². The molecule has 0 bridgehead atoms. The zero-order chi connectivity index (χ0) is 13.3. The molecule has 0 radical (unpaired) electrons. The average Bonchev–Trinajstić information content (AvgIpc) is 2.77. The van der Waals surface area contributed by atoms with E-state index in [1.165, 1.54) is 6.07 Å². The van der Waals surface area contributed by atoms with Crippen molar-refractivity contribution in [3.8, 4) is 0 Å². The lowest BCUT2D eigenvalue weighted by Crippen LogP contribution is -2.41. The van der Waals surface area contributed by atoms with Crippen LogP contribution in [0.5, 0.6) is 0 Å². The van der Waals surface area contributed by atoms with Gasteiger partial charge in [0, 0.05) is 19.2 Å². The molecular weight excluding hydrogens is 234 g/mol. The van der Waals surface area contributed by atoms with Gasteiger partial charge in [-0.2, -0.15) is 0 Å². The summed E-state index contributed by atoms with van der Waals surface area (Å²) in [6.07, 6.45) is 3.00. The molecule has 5 nitrogen and oxygen atoms in total. The van der Waals surface area contributed by atoms with Gasteiger partial charge < -0.3 is 14.4 Å². The molecule has 18 heavy (non-hydrogen) atoms. The number of carboxylic acid groups (broad SMARTS) is 1. The number of furan rings is 1. The van der Waals surface area contributed by atoms with Crippen LogP contribution in [0.2, 0.25) is 0 Å². The molecular formula is C13H17NO4. The van der Waals surface area contributed by atoms with E-state index >= 15 is 0 Å². The van der Waals surface area contributed by atoms with Crippen molar-refractivity contribution < 1.29 is 19.1 Å². The number of carboxylic acids is 1. The third-order valence-electron chi connectivity index (χ3n) is 3.46. The Morgan fingerprint density at radius 2 is 1.94 bits per heavy atom. The Morgan fingerprint density at radius 1 is 1.33 bits per heavy atom. The van der Waals surface area contributed by atoms with Gasteiger partial charge in [0.25, 0.3) is 5.91 Å². The van der Waals surface area contributed by atoms with Gasteiger partial charge in [-0.3, -0.25) is 4.79 Å². The molecule has 1 amide bonds. The van der Waals surface area contributed by atoms with Crippen LogP contribution in [0.25, 0.3) is 0 Å². The number of piperidine rings is 1. The second kappa shape index (κ2) is 4.48. The maximum Gasteiger partial charge on any atom is 0.338 e. The minimum Gasteiger partial charge on any atom is -0.478 e. The minimum atomic E-state index is -1.09. The Kier molecular flexibility index (Phi) is 3.15. The van der Waals surface area contributed by atoms with Crippen molar-refractivity contribution in [2.24, 2.45) is 5.41 Å². The van der Waals surface area contributed by atoms with Crippen LogP contribution in [0.4, 0.5) is 0 Å². The van der Waals surface area contributed by atoms with Crippen molar-refractivity contribution in [1.82, 2.24) is 4.90 Å². The van der Waals surface area contributed by atoms with E-state index < -0.39 is 5.97 Å². The molecule has 0 aromatic carbocycles. The largest absolute Gasteiger partial charge is 0.478 e. The summed E-state index contributed by atoms with van der Waals surface area (Å²) < 4.78 is 5.02. The number of aromatic carboxylic acids is 1. The first-order valence-electron chi connectivity index (χ1n) is 6.00. The zero-order valence-electron chi connectivity index (χ0n) is 10.6. The third kappa shape index (κ3) is 2.55. The first-order chi connectivity index (χ1) is 8.39. The van der Waals surface area contributed by atoms with Crippen LogP contribution < -0.4 is 0 Å². The van der Waals surface area contributed by atoms with E-state index in [-0.39, 0.29) is 22.6 Å². The smallest absolute Gasteiger partial charge is 0.338 e. The summed E-state index contributed by atoms with van der Waals surface area (Å²) in [5, 5.41) is 8.77. The van der Waals surface area contributed by atoms with E-state index in [4.69, 9.17) is 9.52 Å². The molecule has 0 saturated carbocycles. The second-order valence-corrected chi connectivity index (χ2v) is 5.46. The van der Waals surface area contributed by atoms with Crippen LogP contribution >= 0.6 is 0 Å². The highest BCUT2D eigenvalue weighted by Gasteiger charge is 2.29. The molecule has 0 spiro atoms. The average molecular weight is 251 g/mol.